The van der Waals surface area contributed by atoms with Crippen LogP contribution < -0.4 is 5.73 Å². The van der Waals surface area contributed by atoms with Crippen molar-refractivity contribution in [3.8, 4) is 0 Å². The molecule has 0 unspecified atom stereocenters. The fourth-order valence-corrected chi connectivity index (χ4v) is 0.761. The highest BCUT2D eigenvalue weighted by molar-refractivity contribution is 5.92. The predicted molar refractivity (Wildman–Crippen MR) is 52.5 cm³/mol. The van der Waals surface area contributed by atoms with Crippen LogP contribution in [0.3, 0.4) is 0 Å². The van der Waals surface area contributed by atoms with Crippen molar-refractivity contribution in [1.82, 2.24) is 4.98 Å². The Labute approximate surface area is 78.1 Å². The van der Waals surface area contributed by atoms with Gasteiger partial charge < -0.3 is 15.5 Å². The van der Waals surface area contributed by atoms with E-state index in [0.29, 0.717) is 18.0 Å². The molecule has 0 fully saturated rings. The molecule has 0 aliphatic rings. The number of nitrogens with one attached hydrogen (secondary N) is 1. The first-order chi connectivity index (χ1) is 6.25. The molecule has 0 saturated carbocycles. The summed E-state index contributed by atoms with van der Waals surface area (Å²) in [5.41, 5.74) is 6.19. The topological polar surface area (TPSA) is 68.1 Å². The fraction of sp³-hybridized carbons (Fsp3) is 0.444. The Morgan fingerprint density at radius 3 is 2.62 bits per heavy atom. The van der Waals surface area contributed by atoms with Crippen molar-refractivity contribution in [2.45, 2.75) is 20.8 Å². The van der Waals surface area contributed by atoms with E-state index in [1.807, 2.05) is 13.8 Å². The SMILES string of the molecule is CC.CCOC(=O)c1[nH]ccc1N. The minimum atomic E-state index is -0.407. The van der Waals surface area contributed by atoms with Crippen LogP contribution >= 0.6 is 0 Å². The van der Waals surface area contributed by atoms with Gasteiger partial charge in [-0.25, -0.2) is 4.79 Å². The second-order valence-electron chi connectivity index (χ2n) is 2.03. The smallest absolute Gasteiger partial charge is 0.356 e. The third kappa shape index (κ3) is 3.19. The van der Waals surface area contributed by atoms with Crippen molar-refractivity contribution in [3.63, 3.8) is 0 Å². The molecule has 0 aliphatic carbocycles. The lowest BCUT2D eigenvalue weighted by molar-refractivity contribution is 0.0521. The van der Waals surface area contributed by atoms with Gasteiger partial charge in [0.05, 0.1) is 12.3 Å². The average molecular weight is 184 g/mol. The van der Waals surface area contributed by atoms with Gasteiger partial charge in [0, 0.05) is 6.20 Å². The van der Waals surface area contributed by atoms with Crippen LogP contribution in [-0.2, 0) is 4.74 Å². The molecule has 0 radical (unpaired) electrons. The lowest BCUT2D eigenvalue weighted by atomic mass is 10.4. The van der Waals surface area contributed by atoms with Crippen LogP contribution in [0.25, 0.3) is 0 Å². The molecule has 0 aromatic carbocycles. The van der Waals surface area contributed by atoms with Gasteiger partial charge in [0.25, 0.3) is 0 Å². The fourth-order valence-electron chi connectivity index (χ4n) is 0.761. The molecule has 74 valence electrons. The standard InChI is InChI=1S/C7H10N2O2.C2H6/c1-2-11-7(10)6-5(8)3-4-9-6;1-2/h3-4,9H,2,8H2,1H3;1-2H3. The number of hydrogen-bond acceptors (Lipinski definition) is 3. The second-order valence-corrected chi connectivity index (χ2v) is 2.03. The van der Waals surface area contributed by atoms with E-state index in [1.165, 1.54) is 0 Å². The minimum absolute atomic E-state index is 0.326. The van der Waals surface area contributed by atoms with Crippen LogP contribution in [-0.4, -0.2) is 17.6 Å². The summed E-state index contributed by atoms with van der Waals surface area (Å²) in [6.07, 6.45) is 1.60. The van der Waals surface area contributed by atoms with Gasteiger partial charge in [-0.15, -0.1) is 0 Å². The van der Waals surface area contributed by atoms with E-state index >= 15 is 0 Å². The number of nitrogen functional groups attached to an aromatic ring is 1. The highest BCUT2D eigenvalue weighted by Gasteiger charge is 2.10. The molecule has 0 amide bonds. The van der Waals surface area contributed by atoms with Crippen LogP contribution in [0.4, 0.5) is 5.69 Å². The highest BCUT2D eigenvalue weighted by atomic mass is 16.5. The molecular formula is C9H16N2O2. The number of rotatable bonds is 2. The molecule has 3 N–H and O–H groups in total. The number of H-pyrrole nitrogens is 1. The van der Waals surface area contributed by atoms with E-state index in [9.17, 15) is 4.79 Å². The zero-order valence-electron chi connectivity index (χ0n) is 8.26. The zero-order valence-corrected chi connectivity index (χ0v) is 8.26. The Morgan fingerprint density at radius 1 is 1.62 bits per heavy atom. The van der Waals surface area contributed by atoms with Gasteiger partial charge in [-0.3, -0.25) is 0 Å². The molecule has 0 spiro atoms. The molecule has 13 heavy (non-hydrogen) atoms. The van der Waals surface area contributed by atoms with Gasteiger partial charge in [-0.1, -0.05) is 13.8 Å². The molecule has 0 atom stereocenters. The summed E-state index contributed by atoms with van der Waals surface area (Å²) in [7, 11) is 0. The van der Waals surface area contributed by atoms with Crippen LogP contribution in [0.15, 0.2) is 12.3 Å². The Hall–Kier alpha value is -1.45. The molecule has 0 saturated heterocycles. The largest absolute Gasteiger partial charge is 0.461 e. The monoisotopic (exact) mass is 184 g/mol. The molecule has 0 bridgehead atoms. The second kappa shape index (κ2) is 6.11. The lowest BCUT2D eigenvalue weighted by Gasteiger charge is -1.98. The molecule has 1 heterocycles. The van der Waals surface area contributed by atoms with Crippen LogP contribution in [0.5, 0.6) is 0 Å². The van der Waals surface area contributed by atoms with Gasteiger partial charge in [0.15, 0.2) is 0 Å². The van der Waals surface area contributed by atoms with Crippen molar-refractivity contribution in [2.75, 3.05) is 12.3 Å². The summed E-state index contributed by atoms with van der Waals surface area (Å²) < 4.78 is 4.72. The number of esters is 1. The first kappa shape index (κ1) is 11.6. The Kier molecular flexibility index (Phi) is 5.43. The first-order valence-corrected chi connectivity index (χ1v) is 4.35. The average Bonchev–Trinajstić information content (AvgIpc) is 2.55. The van der Waals surface area contributed by atoms with Gasteiger partial charge in [0.2, 0.25) is 0 Å². The molecule has 1 aromatic heterocycles. The summed E-state index contributed by atoms with van der Waals surface area (Å²) in [4.78, 5) is 13.7. The number of aromatic nitrogens is 1. The van der Waals surface area contributed by atoms with E-state index in [1.54, 1.807) is 19.2 Å². The lowest BCUT2D eigenvalue weighted by Crippen LogP contribution is -2.07. The number of carbonyl (C=O) groups is 1. The van der Waals surface area contributed by atoms with Crippen molar-refractivity contribution in [3.05, 3.63) is 18.0 Å². The number of aromatic amines is 1. The van der Waals surface area contributed by atoms with E-state index in [0.717, 1.165) is 0 Å². The molecule has 1 rings (SSSR count). The Balaban J connectivity index is 0.000000671. The van der Waals surface area contributed by atoms with Crippen LogP contribution in [0.2, 0.25) is 0 Å². The maximum Gasteiger partial charge on any atom is 0.356 e. The third-order valence-electron chi connectivity index (χ3n) is 1.26. The van der Waals surface area contributed by atoms with E-state index in [2.05, 4.69) is 4.98 Å². The van der Waals surface area contributed by atoms with Crippen molar-refractivity contribution in [1.29, 1.82) is 0 Å². The first-order valence-electron chi connectivity index (χ1n) is 4.35. The number of anilines is 1. The summed E-state index contributed by atoms with van der Waals surface area (Å²) in [6, 6.07) is 1.62. The summed E-state index contributed by atoms with van der Waals surface area (Å²) >= 11 is 0. The van der Waals surface area contributed by atoms with E-state index < -0.39 is 5.97 Å². The van der Waals surface area contributed by atoms with Gasteiger partial charge in [0.1, 0.15) is 5.69 Å². The van der Waals surface area contributed by atoms with E-state index in [-0.39, 0.29) is 0 Å². The maximum absolute atomic E-state index is 11.0. The summed E-state index contributed by atoms with van der Waals surface area (Å²) in [5, 5.41) is 0. The number of hydrogen-bond donors (Lipinski definition) is 2. The van der Waals surface area contributed by atoms with Crippen molar-refractivity contribution >= 4 is 11.7 Å². The molecule has 1 aromatic rings. The predicted octanol–water partition coefficient (Wildman–Crippen LogP) is 1.80. The Bertz CT molecular complexity index is 256. The quantitative estimate of drug-likeness (QED) is 0.688. The summed E-state index contributed by atoms with van der Waals surface area (Å²) in [5.74, 6) is -0.407. The number of nitrogens with two attached hydrogens (primary N) is 1. The van der Waals surface area contributed by atoms with E-state index in [4.69, 9.17) is 10.5 Å². The van der Waals surface area contributed by atoms with Crippen LogP contribution in [0.1, 0.15) is 31.3 Å². The maximum atomic E-state index is 11.0. The number of ether oxygens (including phenoxy) is 1. The minimum Gasteiger partial charge on any atom is -0.461 e. The molecule has 4 heteroatoms. The molecule has 0 aliphatic heterocycles. The van der Waals surface area contributed by atoms with Gasteiger partial charge >= 0.3 is 5.97 Å². The third-order valence-corrected chi connectivity index (χ3v) is 1.26. The van der Waals surface area contributed by atoms with Gasteiger partial charge in [-0.05, 0) is 13.0 Å². The van der Waals surface area contributed by atoms with Crippen LogP contribution in [0, 0.1) is 0 Å². The zero-order chi connectivity index (χ0) is 10.3. The molecule has 4 nitrogen and oxygen atoms in total. The van der Waals surface area contributed by atoms with Crippen molar-refractivity contribution in [2.24, 2.45) is 0 Å². The molecular weight excluding hydrogens is 168 g/mol. The highest BCUT2D eigenvalue weighted by Crippen LogP contribution is 2.08. The Morgan fingerprint density at radius 2 is 2.23 bits per heavy atom. The summed E-state index contributed by atoms with van der Waals surface area (Å²) in [6.45, 7) is 6.11. The number of carbonyl (C=O) groups excluding carboxylic acids is 1. The normalized spacial score (nSPS) is 8.54. The van der Waals surface area contributed by atoms with Gasteiger partial charge in [-0.2, -0.15) is 0 Å². The van der Waals surface area contributed by atoms with Crippen molar-refractivity contribution < 1.29 is 9.53 Å².